The van der Waals surface area contributed by atoms with Crippen LogP contribution in [0.15, 0.2) is 48.5 Å². The van der Waals surface area contributed by atoms with E-state index in [4.69, 9.17) is 14.6 Å². The summed E-state index contributed by atoms with van der Waals surface area (Å²) in [5, 5.41) is 21.9. The molecule has 28 heavy (non-hydrogen) atoms. The molecule has 0 spiro atoms. The van der Waals surface area contributed by atoms with E-state index in [1.165, 1.54) is 12.1 Å². The molecule has 150 valence electrons. The van der Waals surface area contributed by atoms with Gasteiger partial charge in [0.2, 0.25) is 0 Å². The summed E-state index contributed by atoms with van der Waals surface area (Å²) in [7, 11) is -1.55. The SMILES string of the molecule is NP(OCCCc1ccccc1[N+](=O)[O-])OCCCc1ccccc1[N+](=O)[O-]. The first-order valence-corrected chi connectivity index (χ1v) is 9.99. The van der Waals surface area contributed by atoms with Crippen LogP contribution in [-0.2, 0) is 21.9 Å². The maximum absolute atomic E-state index is 11.0. The summed E-state index contributed by atoms with van der Waals surface area (Å²) in [5.74, 6) is 0. The van der Waals surface area contributed by atoms with E-state index in [-0.39, 0.29) is 11.4 Å². The van der Waals surface area contributed by atoms with Gasteiger partial charge in [-0.1, -0.05) is 36.4 Å². The van der Waals surface area contributed by atoms with Gasteiger partial charge in [0.05, 0.1) is 23.1 Å². The van der Waals surface area contributed by atoms with Crippen molar-refractivity contribution in [3.8, 4) is 0 Å². The number of hydrogen-bond donors (Lipinski definition) is 1. The molecule has 2 rings (SSSR count). The van der Waals surface area contributed by atoms with Crippen molar-refractivity contribution in [1.29, 1.82) is 0 Å². The van der Waals surface area contributed by atoms with Gasteiger partial charge in [0.1, 0.15) is 0 Å². The summed E-state index contributed by atoms with van der Waals surface area (Å²) >= 11 is 0. The van der Waals surface area contributed by atoms with E-state index < -0.39 is 18.4 Å². The number of nitro benzene ring substituents is 2. The van der Waals surface area contributed by atoms with Gasteiger partial charge in [-0.15, -0.1) is 0 Å². The minimum absolute atomic E-state index is 0.101. The van der Waals surface area contributed by atoms with Crippen molar-refractivity contribution in [2.75, 3.05) is 13.2 Å². The summed E-state index contributed by atoms with van der Waals surface area (Å²) < 4.78 is 10.8. The number of nitro groups is 2. The monoisotopic (exact) mass is 407 g/mol. The Balaban J connectivity index is 1.64. The molecule has 2 aromatic carbocycles. The number of hydrogen-bond acceptors (Lipinski definition) is 7. The lowest BCUT2D eigenvalue weighted by molar-refractivity contribution is -0.385. The summed E-state index contributed by atoms with van der Waals surface area (Å²) in [6, 6.07) is 13.2. The first kappa shape index (κ1) is 21.8. The third-order valence-corrected chi connectivity index (χ3v) is 4.87. The van der Waals surface area contributed by atoms with Gasteiger partial charge in [-0.25, -0.2) is 0 Å². The van der Waals surface area contributed by atoms with Gasteiger partial charge in [0.25, 0.3) is 19.9 Å². The Bertz CT molecular complexity index is 739. The van der Waals surface area contributed by atoms with Gasteiger partial charge in [-0.2, -0.15) is 0 Å². The smallest absolute Gasteiger partial charge is 0.272 e. The van der Waals surface area contributed by atoms with Crippen molar-refractivity contribution in [3.63, 3.8) is 0 Å². The predicted octanol–water partition coefficient (Wildman–Crippen LogP) is 4.29. The normalized spacial score (nSPS) is 10.9. The molecule has 0 fully saturated rings. The van der Waals surface area contributed by atoms with Gasteiger partial charge >= 0.3 is 0 Å². The molecule has 0 saturated heterocycles. The zero-order valence-corrected chi connectivity index (χ0v) is 16.1. The highest BCUT2D eigenvalue weighted by Crippen LogP contribution is 2.29. The third-order valence-electron chi connectivity index (χ3n) is 3.99. The van der Waals surface area contributed by atoms with Gasteiger partial charge in [0, 0.05) is 23.3 Å². The Kier molecular flexibility index (Phi) is 8.90. The van der Waals surface area contributed by atoms with Crippen LogP contribution in [0.3, 0.4) is 0 Å². The lowest BCUT2D eigenvalue weighted by Crippen LogP contribution is -2.04. The molecule has 2 N–H and O–H groups in total. The van der Waals surface area contributed by atoms with Gasteiger partial charge in [-0.3, -0.25) is 25.7 Å². The summed E-state index contributed by atoms with van der Waals surface area (Å²) in [4.78, 5) is 21.1. The van der Waals surface area contributed by atoms with E-state index in [1.807, 2.05) is 0 Å². The third kappa shape index (κ3) is 6.94. The number of nitrogens with zero attached hydrogens (tertiary/aromatic N) is 2. The van der Waals surface area contributed by atoms with E-state index in [1.54, 1.807) is 36.4 Å². The van der Waals surface area contributed by atoms with Crippen LogP contribution >= 0.6 is 8.53 Å². The average molecular weight is 407 g/mol. The first-order valence-electron chi connectivity index (χ1n) is 8.74. The molecule has 0 aliphatic heterocycles. The van der Waals surface area contributed by atoms with E-state index in [2.05, 4.69) is 0 Å². The van der Waals surface area contributed by atoms with E-state index in [0.29, 0.717) is 50.0 Å². The van der Waals surface area contributed by atoms with Crippen molar-refractivity contribution in [3.05, 3.63) is 79.9 Å². The number of nitrogens with two attached hydrogens (primary N) is 1. The molecule has 0 heterocycles. The maximum atomic E-state index is 11.0. The lowest BCUT2D eigenvalue weighted by Gasteiger charge is -2.12. The van der Waals surface area contributed by atoms with Crippen LogP contribution in [0.1, 0.15) is 24.0 Å². The molecule has 0 aliphatic rings. The second kappa shape index (κ2) is 11.4. The number of benzene rings is 2. The Labute approximate surface area is 163 Å². The largest absolute Gasteiger partial charge is 0.322 e. The minimum Gasteiger partial charge on any atom is -0.322 e. The quantitative estimate of drug-likeness (QED) is 0.240. The molecule has 0 atom stereocenters. The molecule has 0 amide bonds. The molecule has 0 aromatic heterocycles. The van der Waals surface area contributed by atoms with Crippen molar-refractivity contribution in [1.82, 2.24) is 0 Å². The molecule has 9 nitrogen and oxygen atoms in total. The Morgan fingerprint density at radius 2 is 1.18 bits per heavy atom. The van der Waals surface area contributed by atoms with Gasteiger partial charge in [-0.05, 0) is 25.7 Å². The maximum Gasteiger partial charge on any atom is 0.272 e. The summed E-state index contributed by atoms with van der Waals surface area (Å²) in [6.07, 6.45) is 2.19. The fraction of sp³-hybridized carbons (Fsp3) is 0.333. The molecule has 10 heteroatoms. The molecule has 0 bridgehead atoms. The average Bonchev–Trinajstić information content (AvgIpc) is 2.69. The zero-order valence-electron chi connectivity index (χ0n) is 15.2. The van der Waals surface area contributed by atoms with Crippen LogP contribution in [0.5, 0.6) is 0 Å². The molecule has 0 aliphatic carbocycles. The molecular weight excluding hydrogens is 385 g/mol. The highest BCUT2D eigenvalue weighted by molar-refractivity contribution is 7.44. The molecule has 2 aromatic rings. The Morgan fingerprint density at radius 3 is 1.57 bits per heavy atom. The fourth-order valence-electron chi connectivity index (χ4n) is 2.67. The van der Waals surface area contributed by atoms with Crippen molar-refractivity contribution in [2.45, 2.75) is 25.7 Å². The van der Waals surface area contributed by atoms with Crippen LogP contribution in [0.2, 0.25) is 0 Å². The van der Waals surface area contributed by atoms with Gasteiger partial charge < -0.3 is 9.05 Å². The van der Waals surface area contributed by atoms with Crippen LogP contribution in [0, 0.1) is 20.2 Å². The predicted molar refractivity (Wildman–Crippen MR) is 106 cm³/mol. The first-order chi connectivity index (χ1) is 13.5. The van der Waals surface area contributed by atoms with Crippen molar-refractivity contribution in [2.24, 2.45) is 5.50 Å². The lowest BCUT2D eigenvalue weighted by atomic mass is 10.1. The van der Waals surface area contributed by atoms with E-state index in [9.17, 15) is 20.2 Å². The van der Waals surface area contributed by atoms with Crippen LogP contribution in [0.4, 0.5) is 11.4 Å². The molecular formula is C18H22N3O6P. The van der Waals surface area contributed by atoms with E-state index in [0.717, 1.165) is 0 Å². The molecule has 0 radical (unpaired) electrons. The van der Waals surface area contributed by atoms with Gasteiger partial charge in [0.15, 0.2) is 0 Å². The highest BCUT2D eigenvalue weighted by atomic mass is 31.2. The fourth-order valence-corrected chi connectivity index (χ4v) is 3.36. The van der Waals surface area contributed by atoms with E-state index >= 15 is 0 Å². The highest BCUT2D eigenvalue weighted by Gasteiger charge is 2.13. The minimum atomic E-state index is -1.55. The second-order valence-corrected chi connectivity index (χ2v) is 7.02. The zero-order chi connectivity index (χ0) is 20.4. The van der Waals surface area contributed by atoms with Crippen LogP contribution in [0.25, 0.3) is 0 Å². The Morgan fingerprint density at radius 1 is 0.786 bits per heavy atom. The topological polar surface area (TPSA) is 131 Å². The van der Waals surface area contributed by atoms with Crippen LogP contribution < -0.4 is 5.50 Å². The summed E-state index contributed by atoms with van der Waals surface area (Å²) in [6.45, 7) is 0.664. The van der Waals surface area contributed by atoms with Crippen molar-refractivity contribution >= 4 is 19.9 Å². The molecule has 0 saturated carbocycles. The number of rotatable bonds is 12. The standard InChI is InChI=1S/C18H22N3O6P/c19-28(26-13-5-9-15-7-1-3-11-17(15)20(22)23)27-14-6-10-16-8-2-4-12-18(16)21(24)25/h1-4,7-8,11-12H,5-6,9-10,13-14,19H2. The number of aryl methyl sites for hydroxylation is 2. The number of para-hydroxylation sites is 2. The van der Waals surface area contributed by atoms with Crippen molar-refractivity contribution < 1.29 is 18.9 Å². The summed E-state index contributed by atoms with van der Waals surface area (Å²) in [5.41, 5.74) is 7.30. The Hall–Kier alpha value is -2.45. The molecule has 0 unspecified atom stereocenters. The van der Waals surface area contributed by atoms with Crippen LogP contribution in [-0.4, -0.2) is 23.1 Å². The second-order valence-electron chi connectivity index (χ2n) is 5.93.